The zero-order valence-corrected chi connectivity index (χ0v) is 19.8. The minimum absolute atomic E-state index is 0.566. The van der Waals surface area contributed by atoms with E-state index in [-0.39, 0.29) is 0 Å². The number of rotatable bonds is 9. The van der Waals surface area contributed by atoms with Crippen molar-refractivity contribution in [2.75, 3.05) is 13.2 Å². The molecule has 3 rings (SSSR count). The summed E-state index contributed by atoms with van der Waals surface area (Å²) in [6.45, 7) is 6.11. The molecule has 0 amide bonds. The highest BCUT2D eigenvalue weighted by Gasteiger charge is 2.20. The van der Waals surface area contributed by atoms with E-state index < -0.39 is 0 Å². The molecule has 0 saturated heterocycles. The van der Waals surface area contributed by atoms with E-state index in [9.17, 15) is 0 Å². The Bertz CT molecular complexity index is 692. The number of unbranched alkanes of at least 4 members (excludes halogenated alkanes) is 1. The van der Waals surface area contributed by atoms with Crippen LogP contribution in [0.5, 0.6) is 11.5 Å². The highest BCUT2D eigenvalue weighted by atomic mass is 16.5. The molecular weight excluding hydrogens is 380 g/mol. The molecule has 1 aromatic carbocycles. The van der Waals surface area contributed by atoms with Crippen LogP contribution in [-0.2, 0) is 0 Å². The van der Waals surface area contributed by atoms with Crippen LogP contribution in [0.3, 0.4) is 0 Å². The van der Waals surface area contributed by atoms with Gasteiger partial charge in [0, 0.05) is 5.92 Å². The molecule has 2 nitrogen and oxygen atoms in total. The molecule has 0 radical (unpaired) electrons. The first kappa shape index (κ1) is 23.8. The minimum Gasteiger partial charge on any atom is -0.494 e. The molecule has 2 aliphatic carbocycles. The molecule has 0 atom stereocenters. The smallest absolute Gasteiger partial charge is 0.119 e. The predicted octanol–water partition coefficient (Wildman–Crippen LogP) is 7.83. The third-order valence-corrected chi connectivity index (χ3v) is 7.13. The van der Waals surface area contributed by atoms with E-state index in [0.29, 0.717) is 11.8 Å². The van der Waals surface area contributed by atoms with Gasteiger partial charge in [-0.05, 0) is 106 Å². The van der Waals surface area contributed by atoms with Crippen LogP contribution in [0.1, 0.15) is 84.5 Å². The first-order valence-electron chi connectivity index (χ1n) is 12.8. The van der Waals surface area contributed by atoms with Gasteiger partial charge in [-0.1, -0.05) is 44.6 Å². The van der Waals surface area contributed by atoms with Crippen molar-refractivity contribution >= 4 is 0 Å². The Morgan fingerprint density at radius 3 is 2.13 bits per heavy atom. The Balaban J connectivity index is 1.30. The van der Waals surface area contributed by atoms with Gasteiger partial charge in [0.05, 0.1) is 13.2 Å². The lowest BCUT2D eigenvalue weighted by atomic mass is 9.81. The second-order valence-electron chi connectivity index (χ2n) is 9.54. The molecule has 0 N–H and O–H groups in total. The monoisotopic (exact) mass is 422 g/mol. The van der Waals surface area contributed by atoms with Gasteiger partial charge in [-0.25, -0.2) is 0 Å². The molecule has 2 heteroatoms. The standard InChI is InChI=1S/C29H42O2/c1-3-5-22-30-28-18-20-29(21-19-28)31-23-27-16-14-26(15-17-27)9-7-6-8-25-12-10-24(4-2)11-13-25/h6,8,18-21,24-27H,3-5,10-17,22-23H2,1-2H3. The van der Waals surface area contributed by atoms with Gasteiger partial charge in [-0.15, -0.1) is 0 Å². The van der Waals surface area contributed by atoms with Crippen molar-refractivity contribution < 1.29 is 9.47 Å². The number of benzene rings is 1. The molecule has 2 aliphatic rings. The summed E-state index contributed by atoms with van der Waals surface area (Å²) in [4.78, 5) is 0. The molecule has 0 heterocycles. The summed E-state index contributed by atoms with van der Waals surface area (Å²) < 4.78 is 11.8. The van der Waals surface area contributed by atoms with Crippen LogP contribution < -0.4 is 9.47 Å². The Labute approximate surface area is 190 Å². The lowest BCUT2D eigenvalue weighted by molar-refractivity contribution is 0.196. The fourth-order valence-corrected chi connectivity index (χ4v) is 4.79. The normalized spacial score (nSPS) is 26.3. The highest BCUT2D eigenvalue weighted by Crippen LogP contribution is 2.31. The number of allylic oxidation sites excluding steroid dienone is 2. The van der Waals surface area contributed by atoms with E-state index in [1.165, 1.54) is 57.8 Å². The van der Waals surface area contributed by atoms with E-state index in [1.807, 2.05) is 24.3 Å². The predicted molar refractivity (Wildman–Crippen MR) is 130 cm³/mol. The summed E-state index contributed by atoms with van der Waals surface area (Å²) >= 11 is 0. The first-order chi connectivity index (χ1) is 15.3. The second kappa shape index (κ2) is 13.5. The molecule has 0 spiro atoms. The Kier molecular flexibility index (Phi) is 10.4. The maximum Gasteiger partial charge on any atom is 0.119 e. The molecule has 0 bridgehead atoms. The van der Waals surface area contributed by atoms with E-state index in [0.717, 1.165) is 49.4 Å². The van der Waals surface area contributed by atoms with E-state index in [1.54, 1.807) is 0 Å². The van der Waals surface area contributed by atoms with Gasteiger partial charge in [-0.3, -0.25) is 0 Å². The summed E-state index contributed by atoms with van der Waals surface area (Å²) in [5.41, 5.74) is 0. The third-order valence-electron chi connectivity index (χ3n) is 7.13. The number of hydrogen-bond acceptors (Lipinski definition) is 2. The fourth-order valence-electron chi connectivity index (χ4n) is 4.79. The van der Waals surface area contributed by atoms with E-state index >= 15 is 0 Å². The number of ether oxygens (including phenoxy) is 2. The Morgan fingerprint density at radius 1 is 0.839 bits per heavy atom. The molecule has 31 heavy (non-hydrogen) atoms. The van der Waals surface area contributed by atoms with Gasteiger partial charge in [0.15, 0.2) is 0 Å². The summed E-state index contributed by atoms with van der Waals surface area (Å²) in [5, 5.41) is 0. The maximum absolute atomic E-state index is 6.04. The molecule has 0 aliphatic heterocycles. The van der Waals surface area contributed by atoms with Crippen molar-refractivity contribution in [3.8, 4) is 23.3 Å². The molecule has 170 valence electrons. The SMILES string of the molecule is CCCCOc1ccc(OCC2CCC(C#CC=CC3CCC(CC)CC3)CC2)cc1. The van der Waals surface area contributed by atoms with Crippen molar-refractivity contribution in [1.29, 1.82) is 0 Å². The Hall–Kier alpha value is -1.88. The molecule has 0 unspecified atom stereocenters. The molecular formula is C29H42O2. The van der Waals surface area contributed by atoms with Crippen molar-refractivity contribution in [1.82, 2.24) is 0 Å². The van der Waals surface area contributed by atoms with Gasteiger partial charge < -0.3 is 9.47 Å². The van der Waals surface area contributed by atoms with Crippen LogP contribution in [0, 0.1) is 35.5 Å². The van der Waals surface area contributed by atoms with Gasteiger partial charge >= 0.3 is 0 Å². The quantitative estimate of drug-likeness (QED) is 0.298. The molecule has 1 aromatic rings. The van der Waals surface area contributed by atoms with Crippen LogP contribution in [0.2, 0.25) is 0 Å². The molecule has 0 aromatic heterocycles. The Morgan fingerprint density at radius 2 is 1.48 bits per heavy atom. The van der Waals surface area contributed by atoms with E-state index in [2.05, 4.69) is 37.8 Å². The summed E-state index contributed by atoms with van der Waals surface area (Å²) in [5.74, 6) is 11.7. The molecule has 2 saturated carbocycles. The first-order valence-corrected chi connectivity index (χ1v) is 12.8. The zero-order valence-electron chi connectivity index (χ0n) is 19.8. The second-order valence-corrected chi connectivity index (χ2v) is 9.54. The number of hydrogen-bond donors (Lipinski definition) is 0. The van der Waals surface area contributed by atoms with Crippen LogP contribution in [-0.4, -0.2) is 13.2 Å². The van der Waals surface area contributed by atoms with Gasteiger partial charge in [0.25, 0.3) is 0 Å². The van der Waals surface area contributed by atoms with Gasteiger partial charge in [0.1, 0.15) is 11.5 Å². The zero-order chi connectivity index (χ0) is 21.7. The largest absolute Gasteiger partial charge is 0.494 e. The van der Waals surface area contributed by atoms with Crippen molar-refractivity contribution in [3.63, 3.8) is 0 Å². The average Bonchev–Trinajstić information content (AvgIpc) is 2.82. The van der Waals surface area contributed by atoms with Crippen LogP contribution in [0.15, 0.2) is 36.4 Å². The fraction of sp³-hybridized carbons (Fsp3) is 0.655. The summed E-state index contributed by atoms with van der Waals surface area (Å²) in [6.07, 6.45) is 18.5. The molecule has 2 fully saturated rings. The van der Waals surface area contributed by atoms with Crippen molar-refractivity contribution in [2.24, 2.45) is 23.7 Å². The van der Waals surface area contributed by atoms with Crippen LogP contribution in [0.25, 0.3) is 0 Å². The lowest BCUT2D eigenvalue weighted by Crippen LogP contribution is -2.19. The summed E-state index contributed by atoms with van der Waals surface area (Å²) in [6, 6.07) is 8.08. The van der Waals surface area contributed by atoms with Crippen molar-refractivity contribution in [3.05, 3.63) is 36.4 Å². The van der Waals surface area contributed by atoms with Crippen molar-refractivity contribution in [2.45, 2.75) is 84.5 Å². The van der Waals surface area contributed by atoms with Gasteiger partial charge in [0.2, 0.25) is 0 Å². The van der Waals surface area contributed by atoms with Gasteiger partial charge in [-0.2, -0.15) is 0 Å². The topological polar surface area (TPSA) is 18.5 Å². The summed E-state index contributed by atoms with van der Waals surface area (Å²) in [7, 11) is 0. The average molecular weight is 423 g/mol. The lowest BCUT2D eigenvalue weighted by Gasteiger charge is -2.25. The third kappa shape index (κ3) is 8.64. The highest BCUT2D eigenvalue weighted by molar-refractivity contribution is 5.31. The van der Waals surface area contributed by atoms with E-state index in [4.69, 9.17) is 9.47 Å². The maximum atomic E-state index is 6.04. The van der Waals surface area contributed by atoms with Crippen LogP contribution in [0.4, 0.5) is 0 Å². The van der Waals surface area contributed by atoms with Crippen LogP contribution >= 0.6 is 0 Å². The minimum atomic E-state index is 0.566.